The van der Waals surface area contributed by atoms with Crippen LogP contribution >= 0.6 is 38.9 Å². The van der Waals surface area contributed by atoms with Crippen molar-refractivity contribution in [2.45, 2.75) is 6.92 Å². The average Bonchev–Trinajstić information content (AvgIpc) is 2.54. The van der Waals surface area contributed by atoms with Crippen molar-refractivity contribution in [1.82, 2.24) is 0 Å². The van der Waals surface area contributed by atoms with Crippen molar-refractivity contribution in [2.24, 2.45) is 0 Å². The molecule has 0 amide bonds. The normalized spacial score (nSPS) is 10.8. The van der Waals surface area contributed by atoms with Gasteiger partial charge >= 0.3 is 0 Å². The Kier molecular flexibility index (Phi) is 3.00. The summed E-state index contributed by atoms with van der Waals surface area (Å²) < 4.78 is 7.65. The molecule has 0 saturated heterocycles. The van der Waals surface area contributed by atoms with Gasteiger partial charge in [0.25, 0.3) is 0 Å². The first kappa shape index (κ1) is 10.3. The minimum Gasteiger partial charge on any atom is -0.492 e. The maximum atomic E-state index is 6.10. The number of thiophene rings is 1. The van der Waals surface area contributed by atoms with Crippen LogP contribution in [-0.4, -0.2) is 6.61 Å². The molecule has 0 unspecified atom stereocenters. The fraction of sp³-hybridized carbons (Fsp3) is 0.200. The van der Waals surface area contributed by atoms with Gasteiger partial charge in [-0.3, -0.25) is 0 Å². The van der Waals surface area contributed by atoms with E-state index in [1.807, 2.05) is 24.4 Å². The number of benzene rings is 1. The predicted octanol–water partition coefficient (Wildman–Crippen LogP) is 4.72. The standard InChI is InChI=1S/C10H8BrClOS/c1-2-13-8-4-3-7(12)9-6(11)5-14-10(8)9/h3-5H,2H2,1H3. The second kappa shape index (κ2) is 4.09. The maximum absolute atomic E-state index is 6.10. The zero-order chi connectivity index (χ0) is 10.1. The second-order valence-corrected chi connectivity index (χ2v) is 4.91. The highest BCUT2D eigenvalue weighted by Gasteiger charge is 2.10. The monoisotopic (exact) mass is 290 g/mol. The molecule has 0 atom stereocenters. The topological polar surface area (TPSA) is 9.23 Å². The molecule has 1 aromatic heterocycles. The van der Waals surface area contributed by atoms with Crippen molar-refractivity contribution >= 4 is 49.0 Å². The highest BCUT2D eigenvalue weighted by molar-refractivity contribution is 9.10. The number of fused-ring (bicyclic) bond motifs is 1. The predicted molar refractivity (Wildman–Crippen MR) is 65.7 cm³/mol. The molecular weight excluding hydrogens is 284 g/mol. The van der Waals surface area contributed by atoms with Crippen molar-refractivity contribution in [3.05, 3.63) is 27.0 Å². The zero-order valence-electron chi connectivity index (χ0n) is 7.51. The van der Waals surface area contributed by atoms with Gasteiger partial charge in [0, 0.05) is 15.2 Å². The van der Waals surface area contributed by atoms with E-state index in [4.69, 9.17) is 16.3 Å². The Morgan fingerprint density at radius 3 is 3.00 bits per heavy atom. The summed E-state index contributed by atoms with van der Waals surface area (Å²) in [4.78, 5) is 0. The maximum Gasteiger partial charge on any atom is 0.137 e. The van der Waals surface area contributed by atoms with E-state index in [-0.39, 0.29) is 0 Å². The summed E-state index contributed by atoms with van der Waals surface area (Å²) in [5, 5.41) is 3.83. The lowest BCUT2D eigenvalue weighted by Crippen LogP contribution is -1.90. The molecule has 2 aromatic rings. The summed E-state index contributed by atoms with van der Waals surface area (Å²) >= 11 is 11.2. The Bertz CT molecular complexity index is 466. The zero-order valence-corrected chi connectivity index (χ0v) is 10.7. The largest absolute Gasteiger partial charge is 0.492 e. The van der Waals surface area contributed by atoms with Crippen molar-refractivity contribution in [3.8, 4) is 5.75 Å². The van der Waals surface area contributed by atoms with Gasteiger partial charge < -0.3 is 4.74 Å². The fourth-order valence-corrected chi connectivity index (χ4v) is 3.49. The molecular formula is C10H8BrClOS. The third-order valence-electron chi connectivity index (χ3n) is 1.89. The van der Waals surface area contributed by atoms with Gasteiger partial charge in [0.1, 0.15) is 5.75 Å². The lowest BCUT2D eigenvalue weighted by molar-refractivity contribution is 0.345. The Morgan fingerprint density at radius 1 is 1.50 bits per heavy atom. The van der Waals surface area contributed by atoms with Crippen LogP contribution in [0.4, 0.5) is 0 Å². The third kappa shape index (κ3) is 1.64. The molecule has 0 saturated carbocycles. The molecule has 2 rings (SSSR count). The molecule has 1 heterocycles. The van der Waals surface area contributed by atoms with Gasteiger partial charge in [0.2, 0.25) is 0 Å². The Hall–Kier alpha value is -0.250. The van der Waals surface area contributed by atoms with Gasteiger partial charge in [-0.1, -0.05) is 11.6 Å². The van der Waals surface area contributed by atoms with E-state index < -0.39 is 0 Å². The molecule has 0 aliphatic rings. The van der Waals surface area contributed by atoms with Gasteiger partial charge in [-0.05, 0) is 35.0 Å². The molecule has 0 aliphatic carbocycles. The van der Waals surface area contributed by atoms with Gasteiger partial charge in [-0.25, -0.2) is 0 Å². The first-order chi connectivity index (χ1) is 6.74. The second-order valence-electron chi connectivity index (χ2n) is 2.77. The van der Waals surface area contributed by atoms with Crippen LogP contribution in [0.1, 0.15) is 6.92 Å². The molecule has 0 aliphatic heterocycles. The van der Waals surface area contributed by atoms with Crippen LogP contribution in [0.15, 0.2) is 22.0 Å². The van der Waals surface area contributed by atoms with Crippen LogP contribution in [0, 0.1) is 0 Å². The molecule has 74 valence electrons. The lowest BCUT2D eigenvalue weighted by atomic mass is 10.2. The molecule has 1 nitrogen and oxygen atoms in total. The summed E-state index contributed by atoms with van der Waals surface area (Å²) in [5.74, 6) is 0.905. The van der Waals surface area contributed by atoms with E-state index >= 15 is 0 Å². The first-order valence-corrected chi connectivity index (χ1v) is 6.27. The minimum absolute atomic E-state index is 0.673. The van der Waals surface area contributed by atoms with Crippen molar-refractivity contribution in [1.29, 1.82) is 0 Å². The van der Waals surface area contributed by atoms with E-state index in [1.165, 1.54) is 0 Å². The van der Waals surface area contributed by atoms with Crippen LogP contribution in [0.3, 0.4) is 0 Å². The van der Waals surface area contributed by atoms with Gasteiger partial charge in [-0.15, -0.1) is 11.3 Å². The smallest absolute Gasteiger partial charge is 0.137 e. The van der Waals surface area contributed by atoms with E-state index in [0.717, 1.165) is 25.3 Å². The van der Waals surface area contributed by atoms with E-state index in [2.05, 4.69) is 15.9 Å². The third-order valence-corrected chi connectivity index (χ3v) is 4.13. The van der Waals surface area contributed by atoms with E-state index in [0.29, 0.717) is 6.61 Å². The van der Waals surface area contributed by atoms with Crippen LogP contribution in [0.2, 0.25) is 5.02 Å². The fourth-order valence-electron chi connectivity index (χ4n) is 1.32. The highest BCUT2D eigenvalue weighted by Crippen LogP contribution is 2.40. The minimum atomic E-state index is 0.673. The van der Waals surface area contributed by atoms with Crippen LogP contribution in [0.25, 0.3) is 10.1 Å². The van der Waals surface area contributed by atoms with Crippen LogP contribution in [-0.2, 0) is 0 Å². The summed E-state index contributed by atoms with van der Waals surface area (Å²) in [6, 6.07) is 3.78. The highest BCUT2D eigenvalue weighted by atomic mass is 79.9. The van der Waals surface area contributed by atoms with Crippen molar-refractivity contribution in [2.75, 3.05) is 6.61 Å². The lowest BCUT2D eigenvalue weighted by Gasteiger charge is -2.04. The molecule has 0 fully saturated rings. The Balaban J connectivity index is 2.70. The van der Waals surface area contributed by atoms with Crippen LogP contribution < -0.4 is 4.74 Å². The number of rotatable bonds is 2. The molecule has 14 heavy (non-hydrogen) atoms. The number of ether oxygens (including phenoxy) is 1. The molecule has 0 N–H and O–H groups in total. The number of hydrogen-bond acceptors (Lipinski definition) is 2. The summed E-state index contributed by atoms with van der Waals surface area (Å²) in [7, 11) is 0. The van der Waals surface area contributed by atoms with Crippen molar-refractivity contribution in [3.63, 3.8) is 0 Å². The molecule has 0 bridgehead atoms. The average molecular weight is 292 g/mol. The Morgan fingerprint density at radius 2 is 2.29 bits per heavy atom. The summed E-state index contributed by atoms with van der Waals surface area (Å²) in [6.07, 6.45) is 0. The molecule has 0 spiro atoms. The van der Waals surface area contributed by atoms with Gasteiger partial charge in [0.05, 0.1) is 16.3 Å². The van der Waals surface area contributed by atoms with Gasteiger partial charge in [0.15, 0.2) is 0 Å². The summed E-state index contributed by atoms with van der Waals surface area (Å²) in [6.45, 7) is 2.65. The van der Waals surface area contributed by atoms with Gasteiger partial charge in [-0.2, -0.15) is 0 Å². The molecule has 1 aromatic carbocycles. The quantitative estimate of drug-likeness (QED) is 0.778. The summed E-state index contributed by atoms with van der Waals surface area (Å²) in [5.41, 5.74) is 0. The van der Waals surface area contributed by atoms with E-state index in [9.17, 15) is 0 Å². The number of hydrogen-bond donors (Lipinski definition) is 0. The number of halogens is 2. The van der Waals surface area contributed by atoms with Crippen molar-refractivity contribution < 1.29 is 4.74 Å². The molecule has 4 heteroatoms. The first-order valence-electron chi connectivity index (χ1n) is 4.22. The molecule has 0 radical (unpaired) electrons. The SMILES string of the molecule is CCOc1ccc(Cl)c2c(Br)csc12. The Labute approximate surface area is 99.8 Å². The van der Waals surface area contributed by atoms with E-state index in [1.54, 1.807) is 11.3 Å². The van der Waals surface area contributed by atoms with Crippen LogP contribution in [0.5, 0.6) is 5.75 Å².